The molecule has 144 valence electrons. The van der Waals surface area contributed by atoms with Crippen molar-refractivity contribution >= 4 is 28.6 Å². The zero-order valence-corrected chi connectivity index (χ0v) is 15.9. The summed E-state index contributed by atoms with van der Waals surface area (Å²) in [6, 6.07) is 10.4. The van der Waals surface area contributed by atoms with Crippen LogP contribution in [0, 0.1) is 19.7 Å². The number of carbonyl (C=O) groups excluding carboxylic acids is 2. The smallest absolute Gasteiger partial charge is 0.338 e. The van der Waals surface area contributed by atoms with Crippen molar-refractivity contribution in [3.8, 4) is 0 Å². The van der Waals surface area contributed by atoms with Crippen molar-refractivity contribution in [1.29, 1.82) is 0 Å². The number of ether oxygens (including phenoxy) is 1. The number of halogens is 1. The molecule has 0 unspecified atom stereocenters. The van der Waals surface area contributed by atoms with Gasteiger partial charge in [0.15, 0.2) is 6.61 Å². The van der Waals surface area contributed by atoms with Gasteiger partial charge in [-0.25, -0.2) is 19.2 Å². The molecule has 0 saturated heterocycles. The molecule has 1 amide bonds. The molecule has 0 atom stereocenters. The molecule has 0 aliphatic carbocycles. The Balaban J connectivity index is 1.70. The number of anilines is 1. The van der Waals surface area contributed by atoms with E-state index < -0.39 is 18.5 Å². The van der Waals surface area contributed by atoms with Gasteiger partial charge >= 0.3 is 5.97 Å². The maximum absolute atomic E-state index is 13.1. The number of nitrogens with zero attached hydrogens (tertiary/aromatic N) is 3. The number of hydrogen-bond acceptors (Lipinski definition) is 5. The van der Waals surface area contributed by atoms with Crippen molar-refractivity contribution in [2.75, 3.05) is 18.1 Å². The van der Waals surface area contributed by atoms with Crippen LogP contribution in [-0.4, -0.2) is 35.0 Å². The lowest BCUT2D eigenvalue weighted by Crippen LogP contribution is -2.34. The van der Waals surface area contributed by atoms with Gasteiger partial charge in [-0.1, -0.05) is 0 Å². The topological polar surface area (TPSA) is 72.4 Å². The predicted molar refractivity (Wildman–Crippen MR) is 104 cm³/mol. The first kappa shape index (κ1) is 19.4. The van der Waals surface area contributed by atoms with E-state index in [-0.39, 0.29) is 5.82 Å². The molecule has 7 heteroatoms. The quantitative estimate of drug-likeness (QED) is 0.632. The van der Waals surface area contributed by atoms with Gasteiger partial charge in [0, 0.05) is 12.2 Å². The van der Waals surface area contributed by atoms with Crippen molar-refractivity contribution < 1.29 is 18.7 Å². The highest BCUT2D eigenvalue weighted by atomic mass is 19.1. The Morgan fingerprint density at radius 1 is 1.00 bits per heavy atom. The molecule has 0 N–H and O–H groups in total. The summed E-state index contributed by atoms with van der Waals surface area (Å²) in [4.78, 5) is 35.0. The fourth-order valence-corrected chi connectivity index (χ4v) is 2.77. The van der Waals surface area contributed by atoms with Crippen molar-refractivity contribution in [2.24, 2.45) is 0 Å². The van der Waals surface area contributed by atoms with Gasteiger partial charge in [0.25, 0.3) is 5.91 Å². The number of likely N-dealkylation sites (N-methyl/N-ethyl adjacent to an activating group) is 1. The van der Waals surface area contributed by atoms with Gasteiger partial charge in [-0.3, -0.25) is 4.79 Å². The van der Waals surface area contributed by atoms with Crippen molar-refractivity contribution in [3.63, 3.8) is 0 Å². The molecule has 6 nitrogen and oxygen atoms in total. The third-order valence-corrected chi connectivity index (χ3v) is 4.39. The number of aryl methyl sites for hydroxylation is 2. The average molecular weight is 381 g/mol. The standard InChI is InChI=1S/C21H20FN3O3/c1-4-25(17-8-6-16(22)7-9-17)20(26)12-28-21(27)15-5-10-18-19(11-15)24-14(3)13(2)23-18/h5-11H,4,12H2,1-3H3. The molecule has 0 aliphatic heterocycles. The highest BCUT2D eigenvalue weighted by Gasteiger charge is 2.17. The Kier molecular flexibility index (Phi) is 5.63. The maximum Gasteiger partial charge on any atom is 0.338 e. The highest BCUT2D eigenvalue weighted by molar-refractivity contribution is 5.98. The zero-order valence-electron chi connectivity index (χ0n) is 15.9. The van der Waals surface area contributed by atoms with E-state index in [2.05, 4.69) is 9.97 Å². The van der Waals surface area contributed by atoms with Gasteiger partial charge in [0.2, 0.25) is 0 Å². The molecule has 28 heavy (non-hydrogen) atoms. The minimum Gasteiger partial charge on any atom is -0.452 e. The van der Waals surface area contributed by atoms with E-state index in [1.54, 1.807) is 25.1 Å². The zero-order chi connectivity index (χ0) is 20.3. The number of rotatable bonds is 5. The van der Waals surface area contributed by atoms with Crippen LogP contribution in [0.15, 0.2) is 42.5 Å². The van der Waals surface area contributed by atoms with E-state index in [1.165, 1.54) is 29.2 Å². The number of esters is 1. The maximum atomic E-state index is 13.1. The summed E-state index contributed by atoms with van der Waals surface area (Å²) in [5.41, 5.74) is 3.72. The summed E-state index contributed by atoms with van der Waals surface area (Å²) in [6.07, 6.45) is 0. The molecular formula is C21H20FN3O3. The van der Waals surface area contributed by atoms with E-state index in [1.807, 2.05) is 13.8 Å². The van der Waals surface area contributed by atoms with Crippen LogP contribution in [-0.2, 0) is 9.53 Å². The summed E-state index contributed by atoms with van der Waals surface area (Å²) in [6.45, 7) is 5.46. The van der Waals surface area contributed by atoms with Gasteiger partial charge in [0.1, 0.15) is 5.82 Å². The van der Waals surface area contributed by atoms with Gasteiger partial charge in [-0.2, -0.15) is 0 Å². The first-order valence-corrected chi connectivity index (χ1v) is 8.87. The molecule has 3 aromatic rings. The van der Waals surface area contributed by atoms with Gasteiger partial charge in [0.05, 0.1) is 28.0 Å². The van der Waals surface area contributed by atoms with Crippen LogP contribution in [0.25, 0.3) is 11.0 Å². The predicted octanol–water partition coefficient (Wildman–Crippen LogP) is 3.60. The molecule has 0 saturated carbocycles. The largest absolute Gasteiger partial charge is 0.452 e. The van der Waals surface area contributed by atoms with E-state index in [4.69, 9.17) is 4.74 Å². The second-order valence-electron chi connectivity index (χ2n) is 6.29. The average Bonchev–Trinajstić information content (AvgIpc) is 2.68. The summed E-state index contributed by atoms with van der Waals surface area (Å²) in [5.74, 6) is -1.40. The lowest BCUT2D eigenvalue weighted by atomic mass is 10.2. The number of amides is 1. The molecule has 0 radical (unpaired) electrons. The van der Waals surface area contributed by atoms with Crippen LogP contribution >= 0.6 is 0 Å². The minimum absolute atomic E-state index is 0.294. The van der Waals surface area contributed by atoms with Crippen molar-refractivity contribution in [1.82, 2.24) is 9.97 Å². The second kappa shape index (κ2) is 8.12. The number of fused-ring (bicyclic) bond motifs is 1. The fourth-order valence-electron chi connectivity index (χ4n) is 2.77. The molecule has 0 aliphatic rings. The summed E-state index contributed by atoms with van der Waals surface area (Å²) in [7, 11) is 0. The Morgan fingerprint density at radius 3 is 2.29 bits per heavy atom. The van der Waals surface area contributed by atoms with Crippen LogP contribution in [0.3, 0.4) is 0 Å². The normalized spacial score (nSPS) is 10.7. The third kappa shape index (κ3) is 4.14. The van der Waals surface area contributed by atoms with Gasteiger partial charge < -0.3 is 9.64 Å². The minimum atomic E-state index is -0.620. The van der Waals surface area contributed by atoms with Gasteiger partial charge in [-0.05, 0) is 63.2 Å². The SMILES string of the molecule is CCN(C(=O)COC(=O)c1ccc2nc(C)c(C)nc2c1)c1ccc(F)cc1. The number of benzene rings is 2. The van der Waals surface area contributed by atoms with E-state index >= 15 is 0 Å². The number of hydrogen-bond donors (Lipinski definition) is 0. The summed E-state index contributed by atoms with van der Waals surface area (Å²) < 4.78 is 18.2. The Labute approximate surface area is 162 Å². The Morgan fingerprint density at radius 2 is 1.64 bits per heavy atom. The first-order valence-electron chi connectivity index (χ1n) is 8.87. The molecule has 2 aromatic carbocycles. The third-order valence-electron chi connectivity index (χ3n) is 4.39. The molecule has 1 heterocycles. The molecular weight excluding hydrogens is 361 g/mol. The number of aromatic nitrogens is 2. The summed E-state index contributed by atoms with van der Waals surface area (Å²) >= 11 is 0. The van der Waals surface area contributed by atoms with E-state index in [9.17, 15) is 14.0 Å². The van der Waals surface area contributed by atoms with Crippen LogP contribution < -0.4 is 4.90 Å². The highest BCUT2D eigenvalue weighted by Crippen LogP contribution is 2.17. The lowest BCUT2D eigenvalue weighted by molar-refractivity contribution is -0.121. The molecule has 0 spiro atoms. The van der Waals surface area contributed by atoms with Crippen molar-refractivity contribution in [3.05, 3.63) is 65.2 Å². The van der Waals surface area contributed by atoms with Crippen LogP contribution in [0.2, 0.25) is 0 Å². The van der Waals surface area contributed by atoms with E-state index in [0.717, 1.165) is 11.4 Å². The van der Waals surface area contributed by atoms with Crippen LogP contribution in [0.1, 0.15) is 28.7 Å². The second-order valence-corrected chi connectivity index (χ2v) is 6.29. The summed E-state index contributed by atoms with van der Waals surface area (Å²) in [5, 5.41) is 0. The van der Waals surface area contributed by atoms with Crippen LogP contribution in [0.5, 0.6) is 0 Å². The van der Waals surface area contributed by atoms with Crippen LogP contribution in [0.4, 0.5) is 10.1 Å². The Hall–Kier alpha value is -3.35. The van der Waals surface area contributed by atoms with Gasteiger partial charge in [-0.15, -0.1) is 0 Å². The molecule has 3 rings (SSSR count). The molecule has 1 aromatic heterocycles. The molecule has 0 bridgehead atoms. The fraction of sp³-hybridized carbons (Fsp3) is 0.238. The van der Waals surface area contributed by atoms with E-state index in [0.29, 0.717) is 28.8 Å². The first-order chi connectivity index (χ1) is 13.4. The van der Waals surface area contributed by atoms with Crippen molar-refractivity contribution in [2.45, 2.75) is 20.8 Å². The number of carbonyl (C=O) groups is 2. The Bertz CT molecular complexity index is 1030. The molecule has 0 fully saturated rings. The lowest BCUT2D eigenvalue weighted by Gasteiger charge is -2.20. The monoisotopic (exact) mass is 381 g/mol.